The van der Waals surface area contributed by atoms with Crippen molar-refractivity contribution in [2.24, 2.45) is 0 Å². The van der Waals surface area contributed by atoms with Crippen LogP contribution in [0.5, 0.6) is 0 Å². The normalized spacial score (nSPS) is 10.9. The van der Waals surface area contributed by atoms with Crippen LogP contribution in [0.15, 0.2) is 18.3 Å². The summed E-state index contributed by atoms with van der Waals surface area (Å²) in [7, 11) is 0. The van der Waals surface area contributed by atoms with E-state index in [0.717, 1.165) is 35.5 Å². The lowest BCUT2D eigenvalue weighted by atomic mass is 10.2. The fraction of sp³-hybridized carbons (Fsp3) is 0.429. The molecule has 2 heterocycles. The molecule has 96 valence electrons. The van der Waals surface area contributed by atoms with E-state index >= 15 is 0 Å². The molecule has 0 amide bonds. The summed E-state index contributed by atoms with van der Waals surface area (Å²) in [5, 5.41) is 4.61. The van der Waals surface area contributed by atoms with Gasteiger partial charge in [0, 0.05) is 17.8 Å². The molecule has 2 aromatic rings. The second-order valence-electron chi connectivity index (χ2n) is 4.36. The number of hydrogen-bond donors (Lipinski definition) is 0. The third-order valence-corrected chi connectivity index (χ3v) is 3.33. The lowest BCUT2D eigenvalue weighted by molar-refractivity contribution is 0.765. The SMILES string of the molecule is CCc1cc(CC)n(-c2ncc(CCl)cc2C)n1. The van der Waals surface area contributed by atoms with E-state index in [2.05, 4.69) is 36.1 Å². The van der Waals surface area contributed by atoms with Crippen LogP contribution in [0.1, 0.15) is 36.4 Å². The molecular formula is C14H18ClN3. The summed E-state index contributed by atoms with van der Waals surface area (Å²) in [4.78, 5) is 4.49. The van der Waals surface area contributed by atoms with Crippen LogP contribution in [-0.4, -0.2) is 14.8 Å². The molecule has 0 aromatic carbocycles. The number of pyridine rings is 1. The molecular weight excluding hydrogens is 246 g/mol. The number of aryl methyl sites for hydroxylation is 3. The number of hydrogen-bond acceptors (Lipinski definition) is 2. The topological polar surface area (TPSA) is 30.7 Å². The second kappa shape index (κ2) is 5.53. The number of nitrogens with zero attached hydrogens (tertiary/aromatic N) is 3. The smallest absolute Gasteiger partial charge is 0.156 e. The summed E-state index contributed by atoms with van der Waals surface area (Å²) in [6, 6.07) is 4.22. The van der Waals surface area contributed by atoms with Gasteiger partial charge >= 0.3 is 0 Å². The Balaban J connectivity index is 2.50. The molecule has 18 heavy (non-hydrogen) atoms. The van der Waals surface area contributed by atoms with Crippen molar-refractivity contribution in [3.63, 3.8) is 0 Å². The molecule has 0 aliphatic carbocycles. The quantitative estimate of drug-likeness (QED) is 0.791. The molecule has 0 aliphatic rings. The van der Waals surface area contributed by atoms with Crippen molar-refractivity contribution in [1.29, 1.82) is 0 Å². The van der Waals surface area contributed by atoms with Gasteiger partial charge in [-0.05, 0) is 43.0 Å². The van der Waals surface area contributed by atoms with Crippen molar-refractivity contribution >= 4 is 11.6 Å². The van der Waals surface area contributed by atoms with Crippen molar-refractivity contribution in [3.05, 3.63) is 40.8 Å². The lowest BCUT2D eigenvalue weighted by Gasteiger charge is -2.09. The van der Waals surface area contributed by atoms with Crippen molar-refractivity contribution in [3.8, 4) is 5.82 Å². The Kier molecular flexibility index (Phi) is 4.02. The van der Waals surface area contributed by atoms with E-state index in [4.69, 9.17) is 11.6 Å². The molecule has 0 bridgehead atoms. The summed E-state index contributed by atoms with van der Waals surface area (Å²) in [6.45, 7) is 6.30. The first-order valence-electron chi connectivity index (χ1n) is 6.29. The number of rotatable bonds is 4. The minimum absolute atomic E-state index is 0.494. The Hall–Kier alpha value is -1.35. The average Bonchev–Trinajstić information content (AvgIpc) is 2.81. The van der Waals surface area contributed by atoms with Gasteiger partial charge in [0.25, 0.3) is 0 Å². The molecule has 0 unspecified atom stereocenters. The predicted molar refractivity (Wildman–Crippen MR) is 74.4 cm³/mol. The average molecular weight is 264 g/mol. The van der Waals surface area contributed by atoms with Gasteiger partial charge in [0.2, 0.25) is 0 Å². The highest BCUT2D eigenvalue weighted by Crippen LogP contribution is 2.17. The first-order chi connectivity index (χ1) is 8.69. The summed E-state index contributed by atoms with van der Waals surface area (Å²) < 4.78 is 1.95. The molecule has 0 spiro atoms. The monoisotopic (exact) mass is 263 g/mol. The van der Waals surface area contributed by atoms with Gasteiger partial charge in [0.1, 0.15) is 0 Å². The lowest BCUT2D eigenvalue weighted by Crippen LogP contribution is -2.06. The molecule has 0 fully saturated rings. The summed E-state index contributed by atoms with van der Waals surface area (Å²) >= 11 is 5.82. The van der Waals surface area contributed by atoms with Gasteiger partial charge in [0.05, 0.1) is 5.69 Å². The first kappa shape index (κ1) is 13.1. The van der Waals surface area contributed by atoms with Crippen LogP contribution in [0.25, 0.3) is 5.82 Å². The number of halogens is 1. The molecule has 2 aromatic heterocycles. The van der Waals surface area contributed by atoms with Crippen LogP contribution < -0.4 is 0 Å². The highest BCUT2D eigenvalue weighted by atomic mass is 35.5. The highest BCUT2D eigenvalue weighted by Gasteiger charge is 2.11. The molecule has 0 radical (unpaired) electrons. The maximum absolute atomic E-state index is 5.82. The third-order valence-electron chi connectivity index (χ3n) is 3.02. The molecule has 4 heteroatoms. The maximum Gasteiger partial charge on any atom is 0.156 e. The van der Waals surface area contributed by atoms with Crippen LogP contribution >= 0.6 is 11.6 Å². The molecule has 0 saturated carbocycles. The highest BCUT2D eigenvalue weighted by molar-refractivity contribution is 6.17. The Bertz CT molecular complexity index is 546. The van der Waals surface area contributed by atoms with Crippen molar-refractivity contribution < 1.29 is 0 Å². The van der Waals surface area contributed by atoms with Gasteiger partial charge in [-0.15, -0.1) is 11.6 Å². The maximum atomic E-state index is 5.82. The van der Waals surface area contributed by atoms with Gasteiger partial charge in [-0.2, -0.15) is 5.10 Å². The fourth-order valence-electron chi connectivity index (χ4n) is 2.00. The van der Waals surface area contributed by atoms with E-state index in [1.807, 2.05) is 17.8 Å². The molecule has 0 atom stereocenters. The van der Waals surface area contributed by atoms with E-state index in [9.17, 15) is 0 Å². The van der Waals surface area contributed by atoms with Crippen LogP contribution in [0.2, 0.25) is 0 Å². The molecule has 0 N–H and O–H groups in total. The van der Waals surface area contributed by atoms with E-state index < -0.39 is 0 Å². The fourth-order valence-corrected chi connectivity index (χ4v) is 2.15. The minimum Gasteiger partial charge on any atom is -0.237 e. The van der Waals surface area contributed by atoms with Crippen molar-refractivity contribution in [2.75, 3.05) is 0 Å². The first-order valence-corrected chi connectivity index (χ1v) is 6.82. The van der Waals surface area contributed by atoms with E-state index in [0.29, 0.717) is 5.88 Å². The second-order valence-corrected chi connectivity index (χ2v) is 4.63. The number of alkyl halides is 1. The Morgan fingerprint density at radius 3 is 2.56 bits per heavy atom. The van der Waals surface area contributed by atoms with Crippen LogP contribution in [0.4, 0.5) is 0 Å². The summed E-state index contributed by atoms with van der Waals surface area (Å²) in [5.41, 5.74) is 4.45. The van der Waals surface area contributed by atoms with Gasteiger partial charge < -0.3 is 0 Å². The molecule has 3 nitrogen and oxygen atoms in total. The zero-order chi connectivity index (χ0) is 13.1. The van der Waals surface area contributed by atoms with Gasteiger partial charge in [-0.3, -0.25) is 0 Å². The van der Waals surface area contributed by atoms with Crippen molar-refractivity contribution in [1.82, 2.24) is 14.8 Å². The zero-order valence-corrected chi connectivity index (χ0v) is 11.8. The van der Waals surface area contributed by atoms with E-state index in [-0.39, 0.29) is 0 Å². The Labute approximate surface area is 113 Å². The Morgan fingerprint density at radius 1 is 1.22 bits per heavy atom. The van der Waals surface area contributed by atoms with Gasteiger partial charge in [-0.1, -0.05) is 13.8 Å². The summed E-state index contributed by atoms with van der Waals surface area (Å²) in [5.74, 6) is 1.40. The number of aromatic nitrogens is 3. The third kappa shape index (κ3) is 2.41. The molecule has 0 aliphatic heterocycles. The van der Waals surface area contributed by atoms with E-state index in [1.165, 1.54) is 5.69 Å². The zero-order valence-electron chi connectivity index (χ0n) is 11.1. The molecule has 0 saturated heterocycles. The van der Waals surface area contributed by atoms with Crippen molar-refractivity contribution in [2.45, 2.75) is 39.5 Å². The predicted octanol–water partition coefficient (Wildman–Crippen LogP) is 3.44. The standard InChI is InChI=1S/C14H18ClN3/c1-4-12-7-13(5-2)18(17-12)14-10(3)6-11(8-15)9-16-14/h6-7,9H,4-5,8H2,1-3H3. The van der Waals surface area contributed by atoms with Crippen LogP contribution in [0.3, 0.4) is 0 Å². The largest absolute Gasteiger partial charge is 0.237 e. The molecule has 2 rings (SSSR count). The van der Waals surface area contributed by atoms with E-state index in [1.54, 1.807) is 0 Å². The van der Waals surface area contributed by atoms with Gasteiger partial charge in [-0.25, -0.2) is 9.67 Å². The minimum atomic E-state index is 0.494. The summed E-state index contributed by atoms with van der Waals surface area (Å²) in [6.07, 6.45) is 3.71. The Morgan fingerprint density at radius 2 is 2.00 bits per heavy atom. The van der Waals surface area contributed by atoms with Crippen LogP contribution in [0, 0.1) is 6.92 Å². The van der Waals surface area contributed by atoms with Crippen LogP contribution in [-0.2, 0) is 18.7 Å². The van der Waals surface area contributed by atoms with Gasteiger partial charge in [0.15, 0.2) is 5.82 Å².